The highest BCUT2D eigenvalue weighted by Gasteiger charge is 2.18. The third-order valence-electron chi connectivity index (χ3n) is 4.80. The number of aryl methyl sites for hydroxylation is 1. The van der Waals surface area contributed by atoms with Crippen molar-refractivity contribution in [3.8, 4) is 10.6 Å². The van der Waals surface area contributed by atoms with Crippen LogP contribution in [0.1, 0.15) is 32.1 Å². The summed E-state index contributed by atoms with van der Waals surface area (Å²) in [6, 6.07) is 14.2. The van der Waals surface area contributed by atoms with E-state index in [4.69, 9.17) is 0 Å². The molecule has 2 heterocycles. The van der Waals surface area contributed by atoms with E-state index < -0.39 is 0 Å². The molecule has 0 radical (unpaired) electrons. The van der Waals surface area contributed by atoms with E-state index in [0.29, 0.717) is 12.1 Å². The smallest absolute Gasteiger partial charge is 0.253 e. The van der Waals surface area contributed by atoms with E-state index in [9.17, 15) is 4.79 Å². The molecule has 0 spiro atoms. The first-order valence-electron chi connectivity index (χ1n) is 8.95. The molecule has 0 fully saturated rings. The topological polar surface area (TPSA) is 49.3 Å². The van der Waals surface area contributed by atoms with E-state index in [1.807, 2.05) is 38.2 Å². The fraction of sp³-hybridized carbons (Fsp3) is 0.286. The zero-order valence-electron chi connectivity index (χ0n) is 15.8. The summed E-state index contributed by atoms with van der Waals surface area (Å²) < 4.78 is 0. The van der Waals surface area contributed by atoms with E-state index in [1.165, 1.54) is 22.5 Å². The van der Waals surface area contributed by atoms with Crippen LogP contribution in [-0.4, -0.2) is 40.0 Å². The van der Waals surface area contributed by atoms with Crippen molar-refractivity contribution in [1.82, 2.24) is 20.0 Å². The Labute approximate surface area is 163 Å². The second-order valence-corrected chi connectivity index (χ2v) is 8.33. The monoisotopic (exact) mass is 378 g/mol. The Bertz CT molecular complexity index is 997. The fourth-order valence-corrected chi connectivity index (χ4v) is 4.17. The van der Waals surface area contributed by atoms with Gasteiger partial charge in [0.05, 0.1) is 0 Å². The van der Waals surface area contributed by atoms with E-state index in [1.54, 1.807) is 4.90 Å². The van der Waals surface area contributed by atoms with Gasteiger partial charge in [-0.15, -0.1) is 10.2 Å². The van der Waals surface area contributed by atoms with Crippen LogP contribution < -0.4 is 0 Å². The van der Waals surface area contributed by atoms with Crippen molar-refractivity contribution in [1.29, 1.82) is 0 Å². The van der Waals surface area contributed by atoms with Crippen LogP contribution in [0.5, 0.6) is 0 Å². The molecule has 3 aromatic rings. The predicted octanol–water partition coefficient (Wildman–Crippen LogP) is 3.73. The summed E-state index contributed by atoms with van der Waals surface area (Å²) in [4.78, 5) is 17.0. The second-order valence-electron chi connectivity index (χ2n) is 7.14. The lowest BCUT2D eigenvalue weighted by Crippen LogP contribution is -2.26. The lowest BCUT2D eigenvalue weighted by molar-refractivity contribution is 0.0785. The molecule has 0 N–H and O–H groups in total. The Morgan fingerprint density at radius 3 is 2.74 bits per heavy atom. The Morgan fingerprint density at radius 2 is 1.96 bits per heavy atom. The quantitative estimate of drug-likeness (QED) is 0.694. The van der Waals surface area contributed by atoms with Crippen LogP contribution in [-0.2, 0) is 19.6 Å². The van der Waals surface area contributed by atoms with E-state index in [0.717, 1.165) is 34.2 Å². The number of carbonyl (C=O) groups excluding carboxylic acids is 1. The van der Waals surface area contributed by atoms with Crippen LogP contribution in [0.2, 0.25) is 0 Å². The maximum atomic E-state index is 12.9. The number of carbonyl (C=O) groups is 1. The van der Waals surface area contributed by atoms with Crippen molar-refractivity contribution in [2.75, 3.05) is 14.1 Å². The van der Waals surface area contributed by atoms with Crippen LogP contribution >= 0.6 is 11.3 Å². The first-order chi connectivity index (χ1) is 13.0. The molecule has 1 aromatic heterocycles. The van der Waals surface area contributed by atoms with Gasteiger partial charge in [0.25, 0.3) is 5.91 Å². The van der Waals surface area contributed by atoms with Crippen LogP contribution in [0.25, 0.3) is 10.6 Å². The molecule has 0 aliphatic carbocycles. The number of amides is 1. The highest BCUT2D eigenvalue weighted by molar-refractivity contribution is 7.14. The van der Waals surface area contributed by atoms with Crippen molar-refractivity contribution < 1.29 is 4.79 Å². The molecule has 138 valence electrons. The normalized spacial score (nSPS) is 13.6. The van der Waals surface area contributed by atoms with Gasteiger partial charge in [0.15, 0.2) is 0 Å². The summed E-state index contributed by atoms with van der Waals surface area (Å²) in [5.41, 5.74) is 5.51. The maximum absolute atomic E-state index is 12.9. The number of fused-ring (bicyclic) bond motifs is 1. The number of hydrogen-bond acceptors (Lipinski definition) is 5. The number of aromatic nitrogens is 2. The number of hydrogen-bond donors (Lipinski definition) is 0. The first kappa shape index (κ1) is 17.8. The molecule has 1 aliphatic heterocycles. The Morgan fingerprint density at radius 1 is 1.15 bits per heavy atom. The van der Waals surface area contributed by atoms with E-state index >= 15 is 0 Å². The molecule has 0 saturated heterocycles. The fourth-order valence-electron chi connectivity index (χ4n) is 3.48. The van der Waals surface area contributed by atoms with Gasteiger partial charge in [-0.1, -0.05) is 41.7 Å². The highest BCUT2D eigenvalue weighted by atomic mass is 32.1. The zero-order chi connectivity index (χ0) is 19.0. The van der Waals surface area contributed by atoms with Gasteiger partial charge in [-0.25, -0.2) is 0 Å². The van der Waals surface area contributed by atoms with Crippen molar-refractivity contribution in [3.63, 3.8) is 0 Å². The largest absolute Gasteiger partial charge is 0.337 e. The SMILES string of the molecule is Cc1nnc(-c2cccc(C(=O)N(C)Cc3ccc4c(c3)CN(C)C4)c2)s1. The molecular weight excluding hydrogens is 356 g/mol. The second kappa shape index (κ2) is 7.21. The van der Waals surface area contributed by atoms with Gasteiger partial charge < -0.3 is 4.90 Å². The molecule has 6 heteroatoms. The van der Waals surface area contributed by atoms with Crippen molar-refractivity contribution in [3.05, 3.63) is 69.7 Å². The van der Waals surface area contributed by atoms with Gasteiger partial charge in [0, 0.05) is 37.8 Å². The average molecular weight is 379 g/mol. The van der Waals surface area contributed by atoms with Crippen LogP contribution in [0.3, 0.4) is 0 Å². The molecule has 1 aliphatic rings. The molecule has 27 heavy (non-hydrogen) atoms. The molecule has 0 bridgehead atoms. The zero-order valence-corrected chi connectivity index (χ0v) is 16.6. The summed E-state index contributed by atoms with van der Waals surface area (Å²) >= 11 is 1.53. The van der Waals surface area contributed by atoms with Crippen LogP contribution in [0, 0.1) is 6.92 Å². The van der Waals surface area contributed by atoms with Gasteiger partial charge in [0.1, 0.15) is 10.0 Å². The third kappa shape index (κ3) is 3.77. The highest BCUT2D eigenvalue weighted by Crippen LogP contribution is 2.25. The summed E-state index contributed by atoms with van der Waals surface area (Å²) in [6.07, 6.45) is 0. The molecule has 0 unspecified atom stereocenters. The Kier molecular flexibility index (Phi) is 4.76. The lowest BCUT2D eigenvalue weighted by atomic mass is 10.1. The average Bonchev–Trinajstić information content (AvgIpc) is 3.25. The summed E-state index contributed by atoms with van der Waals surface area (Å²) in [5.74, 6) is 0.00991. The molecule has 4 rings (SSSR count). The summed E-state index contributed by atoms with van der Waals surface area (Å²) in [5, 5.41) is 10.00. The van der Waals surface area contributed by atoms with Crippen molar-refractivity contribution in [2.45, 2.75) is 26.6 Å². The van der Waals surface area contributed by atoms with Gasteiger partial charge >= 0.3 is 0 Å². The molecular formula is C21H22N4OS. The predicted molar refractivity (Wildman–Crippen MR) is 107 cm³/mol. The van der Waals surface area contributed by atoms with Gasteiger partial charge in [0.2, 0.25) is 0 Å². The minimum Gasteiger partial charge on any atom is -0.337 e. The molecule has 0 saturated carbocycles. The third-order valence-corrected chi connectivity index (χ3v) is 5.69. The Balaban J connectivity index is 1.50. The number of benzene rings is 2. The maximum Gasteiger partial charge on any atom is 0.253 e. The Hall–Kier alpha value is -2.57. The van der Waals surface area contributed by atoms with Crippen LogP contribution in [0.15, 0.2) is 42.5 Å². The lowest BCUT2D eigenvalue weighted by Gasteiger charge is -2.18. The minimum absolute atomic E-state index is 0.00991. The summed E-state index contributed by atoms with van der Waals surface area (Å²) in [7, 11) is 3.98. The van der Waals surface area contributed by atoms with Gasteiger partial charge in [-0.05, 0) is 42.8 Å². The molecule has 5 nitrogen and oxygen atoms in total. The molecule has 1 amide bonds. The van der Waals surface area contributed by atoms with Crippen molar-refractivity contribution in [2.24, 2.45) is 0 Å². The summed E-state index contributed by atoms with van der Waals surface area (Å²) in [6.45, 7) is 4.50. The minimum atomic E-state index is 0.00991. The number of nitrogens with zero attached hydrogens (tertiary/aromatic N) is 4. The van der Waals surface area contributed by atoms with Crippen LogP contribution in [0.4, 0.5) is 0 Å². The molecule has 0 atom stereocenters. The standard InChI is InChI=1S/C21H22N4OS/c1-14-22-23-20(27-14)16-5-4-6-17(10-16)21(26)25(3)11-15-7-8-18-12-24(2)13-19(18)9-15/h4-10H,11-13H2,1-3H3. The first-order valence-corrected chi connectivity index (χ1v) is 9.76. The van der Waals surface area contributed by atoms with E-state index in [2.05, 4.69) is 40.3 Å². The van der Waals surface area contributed by atoms with Gasteiger partial charge in [-0.2, -0.15) is 0 Å². The number of rotatable bonds is 4. The van der Waals surface area contributed by atoms with Gasteiger partial charge in [-0.3, -0.25) is 9.69 Å². The molecule has 2 aromatic carbocycles. The van der Waals surface area contributed by atoms with E-state index in [-0.39, 0.29) is 5.91 Å². The van der Waals surface area contributed by atoms with Crippen molar-refractivity contribution >= 4 is 17.2 Å².